The molecule has 0 saturated carbocycles. The van der Waals surface area contributed by atoms with E-state index in [0.29, 0.717) is 11.9 Å². The topological polar surface area (TPSA) is 88.9 Å². The second kappa shape index (κ2) is 5.31. The molecule has 3 aromatic rings. The van der Waals surface area contributed by atoms with E-state index >= 15 is 0 Å². The van der Waals surface area contributed by atoms with Gasteiger partial charge in [0.2, 0.25) is 0 Å². The van der Waals surface area contributed by atoms with Crippen LogP contribution in [0.5, 0.6) is 0 Å². The van der Waals surface area contributed by atoms with E-state index < -0.39 is 0 Å². The van der Waals surface area contributed by atoms with E-state index in [-0.39, 0.29) is 0 Å². The molecule has 1 saturated heterocycles. The number of nitrogens with two attached hydrogens (primary N) is 1. The first kappa shape index (κ1) is 13.1. The maximum absolute atomic E-state index is 5.97. The Morgan fingerprint density at radius 3 is 3.00 bits per heavy atom. The second-order valence-corrected chi connectivity index (χ2v) is 5.50. The van der Waals surface area contributed by atoms with Crippen molar-refractivity contribution in [2.24, 2.45) is 0 Å². The van der Waals surface area contributed by atoms with Gasteiger partial charge in [-0.3, -0.25) is 5.10 Å². The van der Waals surface area contributed by atoms with Crippen molar-refractivity contribution in [3.05, 3.63) is 36.5 Å². The number of hydrogen-bond acceptors (Lipinski definition) is 5. The Hall–Kier alpha value is -2.60. The highest BCUT2D eigenvalue weighted by atomic mass is 16.5. The summed E-state index contributed by atoms with van der Waals surface area (Å²) in [6.07, 6.45) is 2.75. The predicted octanol–water partition coefficient (Wildman–Crippen LogP) is 2.41. The van der Waals surface area contributed by atoms with Crippen LogP contribution in [0.15, 0.2) is 36.5 Å². The fraction of sp³-hybridized carbons (Fsp3) is 0.250. The Kier molecular flexibility index (Phi) is 3.16. The fourth-order valence-corrected chi connectivity index (χ4v) is 2.82. The highest BCUT2D eigenvalue weighted by Crippen LogP contribution is 2.29. The van der Waals surface area contributed by atoms with Crippen LogP contribution < -0.4 is 11.1 Å². The van der Waals surface area contributed by atoms with E-state index in [2.05, 4.69) is 32.6 Å². The summed E-state index contributed by atoms with van der Waals surface area (Å²) in [5.41, 5.74) is 9.85. The number of anilines is 2. The number of benzene rings is 1. The quantitative estimate of drug-likeness (QED) is 0.690. The maximum Gasteiger partial charge on any atom is 0.126 e. The Balaban J connectivity index is 1.77. The van der Waals surface area contributed by atoms with Crippen molar-refractivity contribution >= 4 is 22.4 Å². The van der Waals surface area contributed by atoms with E-state index in [1.807, 2.05) is 18.2 Å². The number of ether oxygens (including phenoxy) is 1. The average molecular weight is 295 g/mol. The number of H-pyrrole nitrogens is 1. The molecule has 112 valence electrons. The summed E-state index contributed by atoms with van der Waals surface area (Å²) in [6.45, 7) is 1.54. The lowest BCUT2D eigenvalue weighted by atomic mass is 10.1. The number of pyridine rings is 1. The SMILES string of the molecule is Nc1cc(NC2CCOC2)c2ccc(-c3ccn[nH]3)cc2n1. The van der Waals surface area contributed by atoms with Gasteiger partial charge in [0.25, 0.3) is 0 Å². The Bertz CT molecular complexity index is 794. The van der Waals surface area contributed by atoms with Crippen molar-refractivity contribution in [1.29, 1.82) is 0 Å². The van der Waals surface area contributed by atoms with Gasteiger partial charge in [-0.2, -0.15) is 5.10 Å². The van der Waals surface area contributed by atoms with E-state index in [9.17, 15) is 0 Å². The fourth-order valence-electron chi connectivity index (χ4n) is 2.82. The molecule has 1 unspecified atom stereocenters. The van der Waals surface area contributed by atoms with Gasteiger partial charge in [-0.05, 0) is 18.6 Å². The third-order valence-electron chi connectivity index (χ3n) is 3.93. The molecule has 0 radical (unpaired) electrons. The van der Waals surface area contributed by atoms with Crippen molar-refractivity contribution in [3.8, 4) is 11.3 Å². The van der Waals surface area contributed by atoms with E-state index in [1.54, 1.807) is 6.20 Å². The molecule has 3 heterocycles. The molecule has 0 amide bonds. The van der Waals surface area contributed by atoms with Gasteiger partial charge in [-0.1, -0.05) is 12.1 Å². The van der Waals surface area contributed by atoms with Crippen molar-refractivity contribution in [1.82, 2.24) is 15.2 Å². The first-order valence-electron chi connectivity index (χ1n) is 7.34. The number of nitrogens with zero attached hydrogens (tertiary/aromatic N) is 2. The smallest absolute Gasteiger partial charge is 0.126 e. The first-order chi connectivity index (χ1) is 10.8. The molecule has 6 nitrogen and oxygen atoms in total. The van der Waals surface area contributed by atoms with Crippen LogP contribution in [0.2, 0.25) is 0 Å². The Morgan fingerprint density at radius 1 is 1.27 bits per heavy atom. The van der Waals surface area contributed by atoms with E-state index in [4.69, 9.17) is 10.5 Å². The number of rotatable bonds is 3. The van der Waals surface area contributed by atoms with Crippen molar-refractivity contribution in [3.63, 3.8) is 0 Å². The highest BCUT2D eigenvalue weighted by Gasteiger charge is 2.17. The molecule has 6 heteroatoms. The Morgan fingerprint density at radius 2 is 2.23 bits per heavy atom. The van der Waals surface area contributed by atoms with Crippen LogP contribution in [0.25, 0.3) is 22.2 Å². The third-order valence-corrected chi connectivity index (χ3v) is 3.93. The summed E-state index contributed by atoms with van der Waals surface area (Å²) in [6, 6.07) is 10.3. The lowest BCUT2D eigenvalue weighted by Crippen LogP contribution is -2.19. The molecule has 0 spiro atoms. The molecule has 22 heavy (non-hydrogen) atoms. The molecule has 2 aromatic heterocycles. The summed E-state index contributed by atoms with van der Waals surface area (Å²) in [7, 11) is 0. The molecule has 4 N–H and O–H groups in total. The molecule has 1 aromatic carbocycles. The third kappa shape index (κ3) is 2.37. The summed E-state index contributed by atoms with van der Waals surface area (Å²) < 4.78 is 5.42. The maximum atomic E-state index is 5.97. The normalized spacial score (nSPS) is 17.9. The average Bonchev–Trinajstić information content (AvgIpc) is 3.20. The van der Waals surface area contributed by atoms with Crippen LogP contribution in [0.1, 0.15) is 6.42 Å². The lowest BCUT2D eigenvalue weighted by Gasteiger charge is -2.15. The van der Waals surface area contributed by atoms with Gasteiger partial charge in [0, 0.05) is 35.5 Å². The number of aromatic amines is 1. The predicted molar refractivity (Wildman–Crippen MR) is 86.6 cm³/mol. The van der Waals surface area contributed by atoms with E-state index in [1.165, 1.54) is 0 Å². The van der Waals surface area contributed by atoms with Crippen LogP contribution in [-0.4, -0.2) is 34.4 Å². The van der Waals surface area contributed by atoms with Gasteiger partial charge in [0.05, 0.1) is 23.9 Å². The molecule has 1 fully saturated rings. The summed E-state index contributed by atoms with van der Waals surface area (Å²) in [4.78, 5) is 4.45. The second-order valence-electron chi connectivity index (χ2n) is 5.50. The highest BCUT2D eigenvalue weighted by molar-refractivity contribution is 5.95. The lowest BCUT2D eigenvalue weighted by molar-refractivity contribution is 0.195. The van der Waals surface area contributed by atoms with Gasteiger partial charge < -0.3 is 15.8 Å². The molecular formula is C16H17N5O. The van der Waals surface area contributed by atoms with Gasteiger partial charge in [-0.15, -0.1) is 0 Å². The van der Waals surface area contributed by atoms with Crippen LogP contribution >= 0.6 is 0 Å². The zero-order valence-corrected chi connectivity index (χ0v) is 12.0. The van der Waals surface area contributed by atoms with Crippen LogP contribution in [-0.2, 0) is 4.74 Å². The molecule has 0 aliphatic carbocycles. The van der Waals surface area contributed by atoms with Gasteiger partial charge >= 0.3 is 0 Å². The molecule has 0 bridgehead atoms. The molecular weight excluding hydrogens is 278 g/mol. The standard InChI is InChI=1S/C16H17N5O/c17-16-8-15(19-11-4-6-22-9-11)12-2-1-10(7-14(12)20-16)13-3-5-18-21-13/h1-3,5,7-8,11H,4,6,9H2,(H,18,21)(H3,17,19,20). The molecule has 1 aliphatic rings. The number of fused-ring (bicyclic) bond motifs is 1. The van der Waals surface area contributed by atoms with Crippen LogP contribution in [0, 0.1) is 0 Å². The van der Waals surface area contributed by atoms with Gasteiger partial charge in [0.1, 0.15) is 5.82 Å². The van der Waals surface area contributed by atoms with Gasteiger partial charge in [-0.25, -0.2) is 4.98 Å². The number of hydrogen-bond donors (Lipinski definition) is 3. The molecule has 1 aliphatic heterocycles. The van der Waals surface area contributed by atoms with Gasteiger partial charge in [0.15, 0.2) is 0 Å². The molecule has 1 atom stereocenters. The monoisotopic (exact) mass is 295 g/mol. The number of nitrogens with one attached hydrogen (secondary N) is 2. The Labute approximate surface area is 127 Å². The molecule has 4 rings (SSSR count). The largest absolute Gasteiger partial charge is 0.384 e. The summed E-state index contributed by atoms with van der Waals surface area (Å²) in [5, 5.41) is 11.5. The zero-order chi connectivity index (χ0) is 14.9. The van der Waals surface area contributed by atoms with Crippen LogP contribution in [0.3, 0.4) is 0 Å². The van der Waals surface area contributed by atoms with Crippen molar-refractivity contribution < 1.29 is 4.74 Å². The van der Waals surface area contributed by atoms with Crippen molar-refractivity contribution in [2.45, 2.75) is 12.5 Å². The summed E-state index contributed by atoms with van der Waals surface area (Å²) in [5.74, 6) is 0.510. The summed E-state index contributed by atoms with van der Waals surface area (Å²) >= 11 is 0. The minimum atomic E-state index is 0.331. The minimum absolute atomic E-state index is 0.331. The zero-order valence-electron chi connectivity index (χ0n) is 12.0. The van der Waals surface area contributed by atoms with Crippen LogP contribution in [0.4, 0.5) is 11.5 Å². The van der Waals surface area contributed by atoms with E-state index in [0.717, 1.165) is 47.5 Å². The number of nitrogen functional groups attached to an aromatic ring is 1. The number of aromatic nitrogens is 3. The van der Waals surface area contributed by atoms with Crippen molar-refractivity contribution in [2.75, 3.05) is 24.3 Å². The minimum Gasteiger partial charge on any atom is -0.384 e. The first-order valence-corrected chi connectivity index (χ1v) is 7.34.